The molecule has 38 heavy (non-hydrogen) atoms. The van der Waals surface area contributed by atoms with E-state index in [1.165, 1.54) is 0 Å². The SMILES string of the molecule is NC1(CCO)CN(c2nc(N3C[C@H]4CC[C@@H](C3)N4)c3ccc(-c4cc(O)cc5ccccc45)c(F)c3n2)C1. The van der Waals surface area contributed by atoms with Crippen molar-refractivity contribution >= 4 is 33.4 Å². The zero-order chi connectivity index (χ0) is 26.0. The molecule has 0 aliphatic carbocycles. The number of aliphatic hydroxyl groups excluding tert-OH is 1. The van der Waals surface area contributed by atoms with Gasteiger partial charge >= 0.3 is 0 Å². The lowest BCUT2D eigenvalue weighted by Crippen LogP contribution is -2.68. The van der Waals surface area contributed by atoms with Crippen LogP contribution in [0, 0.1) is 5.82 Å². The largest absolute Gasteiger partial charge is 0.508 e. The summed E-state index contributed by atoms with van der Waals surface area (Å²) in [6, 6.07) is 15.4. The second-order valence-electron chi connectivity index (χ2n) is 11.1. The lowest BCUT2D eigenvalue weighted by molar-refractivity contribution is 0.211. The Labute approximate surface area is 219 Å². The van der Waals surface area contributed by atoms with Crippen LogP contribution in [0.3, 0.4) is 0 Å². The first-order chi connectivity index (χ1) is 18.4. The lowest BCUT2D eigenvalue weighted by atomic mass is 9.88. The monoisotopic (exact) mass is 514 g/mol. The predicted octanol–water partition coefficient (Wildman–Crippen LogP) is 3.14. The molecule has 3 aromatic carbocycles. The van der Waals surface area contributed by atoms with Gasteiger partial charge in [0.2, 0.25) is 5.95 Å². The summed E-state index contributed by atoms with van der Waals surface area (Å²) in [7, 11) is 0. The van der Waals surface area contributed by atoms with Crippen LogP contribution >= 0.6 is 0 Å². The molecule has 0 radical (unpaired) electrons. The van der Waals surface area contributed by atoms with Gasteiger partial charge in [0.05, 0.1) is 5.54 Å². The minimum Gasteiger partial charge on any atom is -0.508 e. The molecular weight excluding hydrogens is 483 g/mol. The van der Waals surface area contributed by atoms with Crippen molar-refractivity contribution in [1.82, 2.24) is 15.3 Å². The van der Waals surface area contributed by atoms with Gasteiger partial charge in [0.25, 0.3) is 0 Å². The summed E-state index contributed by atoms with van der Waals surface area (Å²) in [6.45, 7) is 2.66. The van der Waals surface area contributed by atoms with Gasteiger partial charge in [-0.05, 0) is 53.8 Å². The van der Waals surface area contributed by atoms with Crippen molar-refractivity contribution in [3.05, 3.63) is 54.3 Å². The first-order valence-corrected chi connectivity index (χ1v) is 13.3. The van der Waals surface area contributed by atoms with Crippen LogP contribution in [-0.4, -0.2) is 70.6 Å². The molecule has 2 bridgehead atoms. The Hall–Kier alpha value is -3.53. The number of rotatable bonds is 5. The van der Waals surface area contributed by atoms with Crippen LogP contribution in [0.2, 0.25) is 0 Å². The van der Waals surface area contributed by atoms with E-state index < -0.39 is 11.4 Å². The Morgan fingerprint density at radius 2 is 1.74 bits per heavy atom. The Morgan fingerprint density at radius 3 is 2.50 bits per heavy atom. The fourth-order valence-electron chi connectivity index (χ4n) is 6.45. The molecule has 9 heteroatoms. The van der Waals surface area contributed by atoms with E-state index in [0.29, 0.717) is 54.1 Å². The number of piperazine rings is 1. The van der Waals surface area contributed by atoms with Gasteiger partial charge < -0.3 is 31.1 Å². The molecule has 5 N–H and O–H groups in total. The van der Waals surface area contributed by atoms with Crippen LogP contribution in [0.4, 0.5) is 16.2 Å². The Balaban J connectivity index is 1.39. The van der Waals surface area contributed by atoms with Crippen molar-refractivity contribution in [1.29, 1.82) is 0 Å². The van der Waals surface area contributed by atoms with Gasteiger partial charge in [-0.2, -0.15) is 4.98 Å². The van der Waals surface area contributed by atoms with Gasteiger partial charge in [-0.25, -0.2) is 9.37 Å². The summed E-state index contributed by atoms with van der Waals surface area (Å²) in [4.78, 5) is 13.9. The minimum absolute atomic E-state index is 0.0214. The number of aliphatic hydroxyl groups is 1. The van der Waals surface area contributed by atoms with Crippen molar-refractivity contribution in [2.75, 3.05) is 42.6 Å². The summed E-state index contributed by atoms with van der Waals surface area (Å²) in [5, 5.41) is 25.8. The number of nitrogens with one attached hydrogen (secondary N) is 1. The number of phenols is 1. The third-order valence-electron chi connectivity index (χ3n) is 8.33. The van der Waals surface area contributed by atoms with Crippen LogP contribution in [-0.2, 0) is 0 Å². The average molecular weight is 515 g/mol. The van der Waals surface area contributed by atoms with Crippen LogP contribution in [0.1, 0.15) is 19.3 Å². The molecule has 0 saturated carbocycles. The lowest BCUT2D eigenvalue weighted by Gasteiger charge is -2.47. The summed E-state index contributed by atoms with van der Waals surface area (Å²) >= 11 is 0. The number of aromatic hydroxyl groups is 1. The molecule has 8 nitrogen and oxygen atoms in total. The molecule has 4 aromatic rings. The first kappa shape index (κ1) is 23.6. The van der Waals surface area contributed by atoms with E-state index in [1.807, 2.05) is 35.2 Å². The van der Waals surface area contributed by atoms with Crippen LogP contribution in [0.25, 0.3) is 32.8 Å². The van der Waals surface area contributed by atoms with E-state index in [-0.39, 0.29) is 17.9 Å². The predicted molar refractivity (Wildman–Crippen MR) is 147 cm³/mol. The zero-order valence-electron chi connectivity index (χ0n) is 21.1. The smallest absolute Gasteiger partial charge is 0.228 e. The molecule has 0 unspecified atom stereocenters. The molecule has 3 fully saturated rings. The second kappa shape index (κ2) is 8.76. The van der Waals surface area contributed by atoms with Gasteiger partial charge in [0.1, 0.15) is 17.1 Å². The van der Waals surface area contributed by atoms with Crippen molar-refractivity contribution in [2.45, 2.75) is 36.9 Å². The van der Waals surface area contributed by atoms with Gasteiger partial charge in [0.15, 0.2) is 5.82 Å². The van der Waals surface area contributed by atoms with Crippen LogP contribution < -0.4 is 20.9 Å². The maximum atomic E-state index is 16.5. The highest BCUT2D eigenvalue weighted by molar-refractivity contribution is 6.01. The topological polar surface area (TPSA) is 111 Å². The number of phenolic OH excluding ortho intramolecular Hbond substituents is 1. The van der Waals surface area contributed by atoms with Crippen molar-refractivity contribution in [3.8, 4) is 16.9 Å². The molecule has 0 amide bonds. The van der Waals surface area contributed by atoms with Crippen LogP contribution in [0.5, 0.6) is 5.75 Å². The average Bonchev–Trinajstić information content (AvgIpc) is 3.23. The summed E-state index contributed by atoms with van der Waals surface area (Å²) in [5.74, 6) is 0.846. The summed E-state index contributed by atoms with van der Waals surface area (Å²) < 4.78 is 16.5. The molecule has 2 atom stereocenters. The number of hydrogen-bond donors (Lipinski definition) is 4. The fraction of sp³-hybridized carbons (Fsp3) is 0.379. The molecule has 4 heterocycles. The Morgan fingerprint density at radius 1 is 0.974 bits per heavy atom. The quantitative estimate of drug-likeness (QED) is 0.322. The zero-order valence-corrected chi connectivity index (χ0v) is 21.1. The molecular formula is C29H31FN6O2. The van der Waals surface area contributed by atoms with E-state index in [9.17, 15) is 10.2 Å². The minimum atomic E-state index is -0.498. The van der Waals surface area contributed by atoms with E-state index in [1.54, 1.807) is 18.2 Å². The first-order valence-electron chi connectivity index (χ1n) is 13.3. The molecule has 1 aromatic heterocycles. The summed E-state index contributed by atoms with van der Waals surface area (Å²) in [6.07, 6.45) is 2.75. The van der Waals surface area contributed by atoms with E-state index >= 15 is 4.39 Å². The van der Waals surface area contributed by atoms with Crippen LogP contribution in [0.15, 0.2) is 48.5 Å². The molecule has 7 rings (SSSR count). The van der Waals surface area contributed by atoms with Gasteiger partial charge in [-0.15, -0.1) is 0 Å². The Bertz CT molecular complexity index is 1540. The number of fused-ring (bicyclic) bond motifs is 4. The highest BCUT2D eigenvalue weighted by Crippen LogP contribution is 2.39. The van der Waals surface area contributed by atoms with E-state index in [2.05, 4.69) is 10.2 Å². The number of hydrogen-bond acceptors (Lipinski definition) is 8. The number of halogens is 1. The number of nitrogens with zero attached hydrogens (tertiary/aromatic N) is 4. The summed E-state index contributed by atoms with van der Waals surface area (Å²) in [5.41, 5.74) is 7.17. The maximum Gasteiger partial charge on any atom is 0.228 e. The number of anilines is 2. The van der Waals surface area contributed by atoms with Gasteiger partial charge in [0, 0.05) is 55.8 Å². The molecule has 3 saturated heterocycles. The van der Waals surface area contributed by atoms with Gasteiger partial charge in [-0.1, -0.05) is 30.3 Å². The maximum absolute atomic E-state index is 16.5. The third-order valence-corrected chi connectivity index (χ3v) is 8.33. The molecule has 3 aliphatic rings. The highest BCUT2D eigenvalue weighted by Gasteiger charge is 2.41. The van der Waals surface area contributed by atoms with E-state index in [0.717, 1.165) is 42.5 Å². The van der Waals surface area contributed by atoms with Crippen molar-refractivity contribution in [2.24, 2.45) is 5.73 Å². The second-order valence-corrected chi connectivity index (χ2v) is 11.1. The fourth-order valence-corrected chi connectivity index (χ4v) is 6.45. The standard InChI is InChI=1S/C29H31FN6O2/c30-25-22(24-12-20(38)11-17-3-1-2-4-21(17)24)7-8-23-26(25)33-28(36-15-29(31,16-36)9-10-37)34-27(23)35-13-18-5-6-19(14-35)32-18/h1-4,7-8,11-12,18-19,32,37-38H,5-6,9-10,13-16,31H2/t18-,19+. The van der Waals surface area contributed by atoms with Crippen molar-refractivity contribution in [3.63, 3.8) is 0 Å². The molecule has 196 valence electrons. The Kier molecular flexibility index (Phi) is 5.43. The van der Waals surface area contributed by atoms with Gasteiger partial charge in [-0.3, -0.25) is 0 Å². The van der Waals surface area contributed by atoms with E-state index in [4.69, 9.17) is 15.7 Å². The highest BCUT2D eigenvalue weighted by atomic mass is 19.1. The number of nitrogens with two attached hydrogens (primary N) is 1. The number of aromatic nitrogens is 2. The molecule has 0 spiro atoms. The number of benzene rings is 3. The molecule has 3 aliphatic heterocycles. The van der Waals surface area contributed by atoms with Crippen molar-refractivity contribution < 1.29 is 14.6 Å². The normalized spacial score (nSPS) is 22.3. The third kappa shape index (κ3) is 3.84.